The van der Waals surface area contributed by atoms with E-state index in [1.165, 1.54) is 37.5 Å². The summed E-state index contributed by atoms with van der Waals surface area (Å²) in [6.45, 7) is 0. The smallest absolute Gasteiger partial charge is 0.270 e. The number of rotatable bonds is 3. The standard InChI is InChI=1S/C14H17N5O2/c15-12-7-6-10(19(20)21)8-11(12)14-16-13(17-18-14)9-4-2-1-3-5-9/h6-9H,1-5,15H2,(H,16,17,18). The third-order valence-corrected chi connectivity index (χ3v) is 3.98. The van der Waals surface area contributed by atoms with Crippen LogP contribution < -0.4 is 5.73 Å². The van der Waals surface area contributed by atoms with E-state index in [1.54, 1.807) is 0 Å². The van der Waals surface area contributed by atoms with Gasteiger partial charge in [0.25, 0.3) is 5.69 Å². The van der Waals surface area contributed by atoms with Gasteiger partial charge >= 0.3 is 0 Å². The van der Waals surface area contributed by atoms with Crippen molar-refractivity contribution in [2.24, 2.45) is 0 Å². The van der Waals surface area contributed by atoms with Crippen molar-refractivity contribution < 1.29 is 4.92 Å². The first-order chi connectivity index (χ1) is 10.1. The monoisotopic (exact) mass is 287 g/mol. The van der Waals surface area contributed by atoms with E-state index in [9.17, 15) is 10.1 Å². The third kappa shape index (κ3) is 2.72. The Kier molecular flexibility index (Phi) is 3.55. The Morgan fingerprint density at radius 3 is 2.76 bits per heavy atom. The summed E-state index contributed by atoms with van der Waals surface area (Å²) in [5, 5.41) is 18.0. The number of hydrogen-bond donors (Lipinski definition) is 2. The van der Waals surface area contributed by atoms with Gasteiger partial charge < -0.3 is 5.73 Å². The van der Waals surface area contributed by atoms with E-state index in [0.717, 1.165) is 18.7 Å². The predicted octanol–water partition coefficient (Wildman–Crippen LogP) is 3.01. The lowest BCUT2D eigenvalue weighted by molar-refractivity contribution is -0.384. The van der Waals surface area contributed by atoms with Crippen molar-refractivity contribution in [1.82, 2.24) is 15.2 Å². The Labute approximate surface area is 121 Å². The molecule has 1 fully saturated rings. The first kappa shape index (κ1) is 13.5. The highest BCUT2D eigenvalue weighted by Crippen LogP contribution is 2.33. The van der Waals surface area contributed by atoms with Gasteiger partial charge in [-0.05, 0) is 18.9 Å². The van der Waals surface area contributed by atoms with E-state index in [-0.39, 0.29) is 5.69 Å². The van der Waals surface area contributed by atoms with Gasteiger partial charge in [0.05, 0.1) is 10.5 Å². The number of nitrogens with two attached hydrogens (primary N) is 1. The van der Waals surface area contributed by atoms with Gasteiger partial charge in [0.2, 0.25) is 0 Å². The van der Waals surface area contributed by atoms with Gasteiger partial charge in [-0.25, -0.2) is 4.98 Å². The molecule has 0 atom stereocenters. The van der Waals surface area contributed by atoms with E-state index in [4.69, 9.17) is 5.73 Å². The number of nitro benzene ring substituents is 1. The van der Waals surface area contributed by atoms with E-state index in [1.807, 2.05) is 0 Å². The summed E-state index contributed by atoms with van der Waals surface area (Å²) in [6.07, 6.45) is 5.91. The first-order valence-electron chi connectivity index (χ1n) is 7.12. The van der Waals surface area contributed by atoms with Crippen LogP contribution in [0.4, 0.5) is 11.4 Å². The SMILES string of the molecule is Nc1ccc([N+](=O)[O-])cc1-c1n[nH]c(C2CCCCC2)n1. The normalized spacial score (nSPS) is 16.0. The minimum absolute atomic E-state index is 0.0109. The molecule has 0 aliphatic heterocycles. The maximum absolute atomic E-state index is 10.9. The number of nitro groups is 1. The fourth-order valence-corrected chi connectivity index (χ4v) is 2.80. The molecule has 1 aromatic heterocycles. The van der Waals surface area contributed by atoms with E-state index in [2.05, 4.69) is 15.2 Å². The molecule has 1 saturated carbocycles. The summed E-state index contributed by atoms with van der Waals surface area (Å²) in [4.78, 5) is 14.9. The number of benzene rings is 1. The molecule has 0 unspecified atom stereocenters. The van der Waals surface area contributed by atoms with Crippen LogP contribution in [0.15, 0.2) is 18.2 Å². The molecule has 0 saturated heterocycles. The van der Waals surface area contributed by atoms with Crippen molar-refractivity contribution in [3.63, 3.8) is 0 Å². The van der Waals surface area contributed by atoms with Crippen molar-refractivity contribution >= 4 is 11.4 Å². The van der Waals surface area contributed by atoms with Crippen LogP contribution in [0.25, 0.3) is 11.4 Å². The van der Waals surface area contributed by atoms with Crippen molar-refractivity contribution in [1.29, 1.82) is 0 Å². The number of anilines is 1. The quantitative estimate of drug-likeness (QED) is 0.512. The Morgan fingerprint density at radius 2 is 2.05 bits per heavy atom. The summed E-state index contributed by atoms with van der Waals surface area (Å²) in [5.74, 6) is 1.69. The molecule has 0 bridgehead atoms. The highest BCUT2D eigenvalue weighted by Gasteiger charge is 2.21. The van der Waals surface area contributed by atoms with Crippen LogP contribution in [0.1, 0.15) is 43.8 Å². The number of hydrogen-bond acceptors (Lipinski definition) is 5. The number of non-ortho nitro benzene ring substituents is 1. The van der Waals surface area contributed by atoms with E-state index >= 15 is 0 Å². The zero-order chi connectivity index (χ0) is 14.8. The Hall–Kier alpha value is -2.44. The molecule has 3 N–H and O–H groups in total. The first-order valence-corrected chi connectivity index (χ1v) is 7.12. The second-order valence-electron chi connectivity index (χ2n) is 5.41. The number of aromatic nitrogens is 3. The van der Waals surface area contributed by atoms with Gasteiger partial charge in [-0.1, -0.05) is 19.3 Å². The van der Waals surface area contributed by atoms with Crippen molar-refractivity contribution in [2.45, 2.75) is 38.0 Å². The molecule has 0 spiro atoms. The van der Waals surface area contributed by atoms with Crippen LogP contribution in [0.2, 0.25) is 0 Å². The fourth-order valence-electron chi connectivity index (χ4n) is 2.80. The molecule has 1 aromatic carbocycles. The van der Waals surface area contributed by atoms with Gasteiger partial charge in [-0.15, -0.1) is 0 Å². The van der Waals surface area contributed by atoms with Gasteiger partial charge in [-0.2, -0.15) is 5.10 Å². The molecule has 0 amide bonds. The second-order valence-corrected chi connectivity index (χ2v) is 5.41. The Morgan fingerprint density at radius 1 is 1.29 bits per heavy atom. The summed E-state index contributed by atoms with van der Waals surface area (Å²) in [5.41, 5.74) is 6.82. The zero-order valence-corrected chi connectivity index (χ0v) is 11.6. The molecule has 21 heavy (non-hydrogen) atoms. The number of nitrogens with one attached hydrogen (secondary N) is 1. The van der Waals surface area contributed by atoms with E-state index in [0.29, 0.717) is 23.0 Å². The average Bonchev–Trinajstić information content (AvgIpc) is 2.98. The third-order valence-electron chi connectivity index (χ3n) is 3.98. The molecule has 7 nitrogen and oxygen atoms in total. The number of aromatic amines is 1. The van der Waals surface area contributed by atoms with Crippen molar-refractivity contribution in [3.05, 3.63) is 34.1 Å². The second kappa shape index (κ2) is 5.51. The lowest BCUT2D eigenvalue weighted by Gasteiger charge is -2.18. The average molecular weight is 287 g/mol. The number of H-pyrrole nitrogens is 1. The maximum Gasteiger partial charge on any atom is 0.270 e. The van der Waals surface area contributed by atoms with Crippen LogP contribution in [-0.2, 0) is 0 Å². The molecule has 1 heterocycles. The summed E-state index contributed by atoms with van der Waals surface area (Å²) >= 11 is 0. The topological polar surface area (TPSA) is 111 Å². The molecule has 110 valence electrons. The van der Waals surface area contributed by atoms with Gasteiger partial charge in [0.15, 0.2) is 5.82 Å². The predicted molar refractivity (Wildman–Crippen MR) is 78.7 cm³/mol. The van der Waals surface area contributed by atoms with Crippen LogP contribution in [0, 0.1) is 10.1 Å². The van der Waals surface area contributed by atoms with Crippen LogP contribution in [-0.4, -0.2) is 20.1 Å². The molecular weight excluding hydrogens is 270 g/mol. The zero-order valence-electron chi connectivity index (χ0n) is 11.6. The minimum Gasteiger partial charge on any atom is -0.398 e. The highest BCUT2D eigenvalue weighted by atomic mass is 16.6. The lowest BCUT2D eigenvalue weighted by Crippen LogP contribution is -2.06. The highest BCUT2D eigenvalue weighted by molar-refractivity contribution is 5.73. The number of nitrogens with zero attached hydrogens (tertiary/aromatic N) is 3. The molecule has 1 aliphatic rings. The molecule has 2 aromatic rings. The lowest BCUT2D eigenvalue weighted by atomic mass is 9.89. The Bertz CT molecular complexity index is 661. The maximum atomic E-state index is 10.9. The van der Waals surface area contributed by atoms with Crippen molar-refractivity contribution in [2.75, 3.05) is 5.73 Å². The van der Waals surface area contributed by atoms with E-state index < -0.39 is 4.92 Å². The summed E-state index contributed by atoms with van der Waals surface area (Å²) in [7, 11) is 0. The molecule has 7 heteroatoms. The molecular formula is C14H17N5O2. The summed E-state index contributed by atoms with van der Waals surface area (Å²) < 4.78 is 0. The van der Waals surface area contributed by atoms with Crippen molar-refractivity contribution in [3.8, 4) is 11.4 Å². The molecule has 0 radical (unpaired) electrons. The largest absolute Gasteiger partial charge is 0.398 e. The van der Waals surface area contributed by atoms with Gasteiger partial charge in [0.1, 0.15) is 5.82 Å². The van der Waals surface area contributed by atoms with Crippen LogP contribution in [0.3, 0.4) is 0 Å². The molecule has 1 aliphatic carbocycles. The molecule has 3 rings (SSSR count). The number of nitrogen functional groups attached to an aromatic ring is 1. The Balaban J connectivity index is 1.92. The fraction of sp³-hybridized carbons (Fsp3) is 0.429. The van der Waals surface area contributed by atoms with Crippen LogP contribution >= 0.6 is 0 Å². The van der Waals surface area contributed by atoms with Gasteiger partial charge in [-0.3, -0.25) is 15.2 Å². The minimum atomic E-state index is -0.447. The van der Waals surface area contributed by atoms with Gasteiger partial charge in [0, 0.05) is 23.7 Å². The van der Waals surface area contributed by atoms with Crippen LogP contribution in [0.5, 0.6) is 0 Å². The summed E-state index contributed by atoms with van der Waals surface area (Å²) in [6, 6.07) is 4.32.